The van der Waals surface area contributed by atoms with Gasteiger partial charge >= 0.3 is 5.97 Å². The van der Waals surface area contributed by atoms with Gasteiger partial charge in [0.05, 0.1) is 10.5 Å². The zero-order valence-electron chi connectivity index (χ0n) is 13.3. The molecule has 0 aliphatic carbocycles. The van der Waals surface area contributed by atoms with E-state index in [-0.39, 0.29) is 10.5 Å². The summed E-state index contributed by atoms with van der Waals surface area (Å²) in [7, 11) is -3.41. The van der Waals surface area contributed by atoms with Gasteiger partial charge in [0.25, 0.3) is 5.91 Å². The van der Waals surface area contributed by atoms with E-state index in [1.54, 1.807) is 0 Å². The molecule has 0 aromatic heterocycles. The zero-order valence-corrected chi connectivity index (χ0v) is 14.2. The third kappa shape index (κ3) is 5.48. The molecule has 0 radical (unpaired) electrons. The van der Waals surface area contributed by atoms with Crippen molar-refractivity contribution in [3.63, 3.8) is 0 Å². The molecule has 0 saturated heterocycles. The predicted octanol–water partition coefficient (Wildman–Crippen LogP) is 1.55. The van der Waals surface area contributed by atoms with Crippen LogP contribution in [0.1, 0.15) is 38.1 Å². The topological polar surface area (TPSA) is 89.5 Å². The minimum absolute atomic E-state index is 0.0220. The average Bonchev–Trinajstić information content (AvgIpc) is 2.35. The van der Waals surface area contributed by atoms with Gasteiger partial charge in [0.1, 0.15) is 0 Å². The first kappa shape index (κ1) is 18.2. The van der Waals surface area contributed by atoms with Crippen LogP contribution in [0.2, 0.25) is 0 Å². The summed E-state index contributed by atoms with van der Waals surface area (Å²) in [5.41, 5.74) is -0.355. The molecular formula is C15H21NO5S. The molecule has 0 aliphatic rings. The molecule has 1 amide bonds. The van der Waals surface area contributed by atoms with Crippen molar-refractivity contribution in [2.24, 2.45) is 0 Å². The second kappa shape index (κ2) is 6.48. The Hall–Kier alpha value is -1.89. The van der Waals surface area contributed by atoms with Gasteiger partial charge in [0.2, 0.25) is 0 Å². The first-order valence-corrected chi connectivity index (χ1v) is 8.62. The first-order valence-electron chi connectivity index (χ1n) is 6.73. The van der Waals surface area contributed by atoms with Crippen LogP contribution in [0.25, 0.3) is 0 Å². The highest BCUT2D eigenvalue weighted by molar-refractivity contribution is 7.90. The van der Waals surface area contributed by atoms with E-state index in [4.69, 9.17) is 4.74 Å². The molecule has 1 rings (SSSR count). The van der Waals surface area contributed by atoms with Crippen LogP contribution in [0, 0.1) is 0 Å². The van der Waals surface area contributed by atoms with Crippen molar-refractivity contribution in [1.29, 1.82) is 0 Å². The van der Waals surface area contributed by atoms with E-state index >= 15 is 0 Å². The van der Waals surface area contributed by atoms with E-state index in [1.165, 1.54) is 31.2 Å². The number of sulfone groups is 1. The molecule has 1 aromatic rings. The lowest BCUT2D eigenvalue weighted by molar-refractivity contribution is -0.130. The predicted molar refractivity (Wildman–Crippen MR) is 82.3 cm³/mol. The molecule has 1 aromatic carbocycles. The number of nitrogens with one attached hydrogen (secondary N) is 1. The van der Waals surface area contributed by atoms with Crippen molar-refractivity contribution >= 4 is 21.7 Å². The maximum absolute atomic E-state index is 12.0. The Bertz CT molecular complexity index is 673. The Morgan fingerprint density at radius 2 is 1.82 bits per heavy atom. The van der Waals surface area contributed by atoms with Crippen LogP contribution in [0.4, 0.5) is 0 Å². The number of carbonyl (C=O) groups is 2. The van der Waals surface area contributed by atoms with E-state index in [9.17, 15) is 18.0 Å². The summed E-state index contributed by atoms with van der Waals surface area (Å²) < 4.78 is 28.0. The van der Waals surface area contributed by atoms with Gasteiger partial charge < -0.3 is 10.1 Å². The summed E-state index contributed by atoms with van der Waals surface area (Å²) in [5.74, 6) is -1.16. The Balaban J connectivity index is 2.84. The number of esters is 1. The summed E-state index contributed by atoms with van der Waals surface area (Å²) in [6.07, 6.45) is 0.0743. The highest BCUT2D eigenvalue weighted by Gasteiger charge is 2.23. The fourth-order valence-corrected chi connectivity index (χ4v) is 2.27. The van der Waals surface area contributed by atoms with Gasteiger partial charge in [-0.3, -0.25) is 4.79 Å². The second-order valence-corrected chi connectivity index (χ2v) is 8.10. The second-order valence-electron chi connectivity index (χ2n) is 6.09. The van der Waals surface area contributed by atoms with Crippen LogP contribution >= 0.6 is 0 Å². The van der Waals surface area contributed by atoms with Crippen molar-refractivity contribution in [1.82, 2.24) is 5.32 Å². The van der Waals surface area contributed by atoms with E-state index in [0.717, 1.165) is 6.26 Å². The normalized spacial score (nSPS) is 13.3. The van der Waals surface area contributed by atoms with Crippen LogP contribution in [0.5, 0.6) is 0 Å². The molecule has 0 heterocycles. The third-order valence-electron chi connectivity index (χ3n) is 2.65. The average molecular weight is 327 g/mol. The smallest absolute Gasteiger partial charge is 0.338 e. The SMILES string of the molecule is C[C@H](OC(=O)c1cccc(S(C)(=O)=O)c1)C(=O)NC(C)(C)C. The largest absolute Gasteiger partial charge is 0.449 e. The summed E-state index contributed by atoms with van der Waals surface area (Å²) in [6, 6.07) is 5.51. The van der Waals surface area contributed by atoms with E-state index < -0.39 is 33.4 Å². The minimum Gasteiger partial charge on any atom is -0.449 e. The standard InChI is InChI=1S/C15H21NO5S/c1-10(13(17)16-15(2,3)4)21-14(18)11-7-6-8-12(9-11)22(5,19)20/h6-10H,1-5H3,(H,16,17)/t10-/m0/s1. The van der Waals surface area contributed by atoms with E-state index in [2.05, 4.69) is 5.32 Å². The first-order chi connectivity index (χ1) is 9.90. The van der Waals surface area contributed by atoms with Gasteiger partial charge in [0.15, 0.2) is 15.9 Å². The van der Waals surface area contributed by atoms with Crippen LogP contribution < -0.4 is 5.32 Å². The molecule has 0 bridgehead atoms. The molecular weight excluding hydrogens is 306 g/mol. The maximum Gasteiger partial charge on any atom is 0.338 e. The van der Waals surface area contributed by atoms with Crippen LogP contribution in [0.15, 0.2) is 29.2 Å². The number of benzene rings is 1. The Morgan fingerprint density at radius 1 is 1.23 bits per heavy atom. The maximum atomic E-state index is 12.0. The monoisotopic (exact) mass is 327 g/mol. The Labute approximate surface area is 130 Å². The molecule has 0 spiro atoms. The summed E-state index contributed by atoms with van der Waals surface area (Å²) >= 11 is 0. The summed E-state index contributed by atoms with van der Waals surface area (Å²) in [6.45, 7) is 6.90. The van der Waals surface area contributed by atoms with E-state index in [0.29, 0.717) is 0 Å². The Morgan fingerprint density at radius 3 is 2.32 bits per heavy atom. The van der Waals surface area contributed by atoms with Crippen molar-refractivity contribution in [3.8, 4) is 0 Å². The fraction of sp³-hybridized carbons (Fsp3) is 0.467. The minimum atomic E-state index is -3.41. The van der Waals surface area contributed by atoms with Crippen molar-refractivity contribution < 1.29 is 22.7 Å². The fourth-order valence-electron chi connectivity index (χ4n) is 1.61. The molecule has 7 heteroatoms. The molecule has 122 valence electrons. The quantitative estimate of drug-likeness (QED) is 0.848. The number of hydrogen-bond donors (Lipinski definition) is 1. The molecule has 0 aliphatic heterocycles. The van der Waals surface area contributed by atoms with Crippen LogP contribution in [-0.2, 0) is 19.4 Å². The molecule has 1 N–H and O–H groups in total. The van der Waals surface area contributed by atoms with Gasteiger partial charge in [-0.1, -0.05) is 6.07 Å². The molecule has 22 heavy (non-hydrogen) atoms. The molecule has 0 saturated carbocycles. The number of ether oxygens (including phenoxy) is 1. The van der Waals surface area contributed by atoms with Crippen LogP contribution in [-0.4, -0.2) is 38.2 Å². The lowest BCUT2D eigenvalue weighted by Crippen LogP contribution is -2.46. The third-order valence-corrected chi connectivity index (χ3v) is 3.76. The Kier molecular flexibility index (Phi) is 5.35. The van der Waals surface area contributed by atoms with Gasteiger partial charge in [0, 0.05) is 11.8 Å². The van der Waals surface area contributed by atoms with E-state index in [1.807, 2.05) is 20.8 Å². The highest BCUT2D eigenvalue weighted by Crippen LogP contribution is 2.13. The summed E-state index contributed by atoms with van der Waals surface area (Å²) in [5, 5.41) is 2.70. The van der Waals surface area contributed by atoms with Gasteiger partial charge in [-0.2, -0.15) is 0 Å². The van der Waals surface area contributed by atoms with Crippen molar-refractivity contribution in [2.45, 2.75) is 44.2 Å². The number of amides is 1. The van der Waals surface area contributed by atoms with Crippen molar-refractivity contribution in [2.75, 3.05) is 6.26 Å². The van der Waals surface area contributed by atoms with Gasteiger partial charge in [-0.15, -0.1) is 0 Å². The lowest BCUT2D eigenvalue weighted by atomic mass is 10.1. The highest BCUT2D eigenvalue weighted by atomic mass is 32.2. The lowest BCUT2D eigenvalue weighted by Gasteiger charge is -2.23. The number of carbonyl (C=O) groups excluding carboxylic acids is 2. The van der Waals surface area contributed by atoms with Gasteiger partial charge in [-0.25, -0.2) is 13.2 Å². The van der Waals surface area contributed by atoms with Crippen LogP contribution in [0.3, 0.4) is 0 Å². The molecule has 1 atom stereocenters. The zero-order chi connectivity index (χ0) is 17.1. The van der Waals surface area contributed by atoms with Gasteiger partial charge in [-0.05, 0) is 45.9 Å². The molecule has 6 nitrogen and oxygen atoms in total. The van der Waals surface area contributed by atoms with Crippen molar-refractivity contribution in [3.05, 3.63) is 29.8 Å². The number of hydrogen-bond acceptors (Lipinski definition) is 5. The molecule has 0 fully saturated rings. The summed E-state index contributed by atoms with van der Waals surface area (Å²) in [4.78, 5) is 23.9. The number of rotatable bonds is 4. The molecule has 0 unspecified atom stereocenters.